The Balaban J connectivity index is 3.22. The topological polar surface area (TPSA) is 81.1 Å². The third-order valence-corrected chi connectivity index (χ3v) is 1.30. The van der Waals surface area contributed by atoms with Crippen LogP contribution in [-0.2, 0) is 0 Å². The highest BCUT2D eigenvalue weighted by Gasteiger charge is 2.08. The summed E-state index contributed by atoms with van der Waals surface area (Å²) in [5.74, 6) is 0. The molecule has 5 N–H and O–H groups in total. The van der Waals surface area contributed by atoms with Crippen molar-refractivity contribution < 1.29 is 4.79 Å². The highest BCUT2D eigenvalue weighted by molar-refractivity contribution is 5.71. The first kappa shape index (κ1) is 10.2. The van der Waals surface area contributed by atoms with E-state index in [0.29, 0.717) is 6.54 Å². The van der Waals surface area contributed by atoms with E-state index in [0.717, 1.165) is 12.8 Å². The van der Waals surface area contributed by atoms with E-state index in [2.05, 4.69) is 5.32 Å². The summed E-state index contributed by atoms with van der Waals surface area (Å²) in [6.45, 7) is 4.52. The molecule has 0 unspecified atom stereocenters. The average molecular weight is 159 g/mol. The first-order chi connectivity index (χ1) is 4.92. The van der Waals surface area contributed by atoms with Crippen molar-refractivity contribution in [2.24, 2.45) is 11.5 Å². The van der Waals surface area contributed by atoms with Crippen LogP contribution >= 0.6 is 0 Å². The Labute approximate surface area is 67.3 Å². The molecule has 0 spiro atoms. The number of carbonyl (C=O) groups is 1. The molecule has 2 amide bonds. The van der Waals surface area contributed by atoms with Crippen LogP contribution < -0.4 is 16.8 Å². The molecule has 0 saturated heterocycles. The van der Waals surface area contributed by atoms with Crippen LogP contribution in [0.3, 0.4) is 0 Å². The predicted molar refractivity (Wildman–Crippen MR) is 45.1 cm³/mol. The van der Waals surface area contributed by atoms with E-state index < -0.39 is 6.03 Å². The summed E-state index contributed by atoms with van der Waals surface area (Å²) in [6, 6.07) is -0.472. The number of primary amides is 1. The van der Waals surface area contributed by atoms with E-state index >= 15 is 0 Å². The summed E-state index contributed by atoms with van der Waals surface area (Å²) in [4.78, 5) is 10.2. The number of nitrogens with two attached hydrogens (primary N) is 2. The van der Waals surface area contributed by atoms with E-state index in [1.807, 2.05) is 13.8 Å². The maximum atomic E-state index is 10.2. The van der Waals surface area contributed by atoms with Crippen molar-refractivity contribution in [1.82, 2.24) is 5.32 Å². The zero-order valence-electron chi connectivity index (χ0n) is 7.18. The standard InChI is InChI=1S/C7H17N3O/c1-7(2,9)4-3-5-10-6(8)11/h3-5,9H2,1-2H3,(H3,8,10,11). The Morgan fingerprint density at radius 2 is 2.09 bits per heavy atom. The van der Waals surface area contributed by atoms with Gasteiger partial charge in [-0.1, -0.05) is 0 Å². The van der Waals surface area contributed by atoms with Gasteiger partial charge >= 0.3 is 6.03 Å². The third-order valence-electron chi connectivity index (χ3n) is 1.30. The molecule has 66 valence electrons. The minimum absolute atomic E-state index is 0.153. The summed E-state index contributed by atoms with van der Waals surface area (Å²) in [5, 5.41) is 2.50. The Hall–Kier alpha value is -0.770. The molecule has 0 aromatic rings. The molecular formula is C7H17N3O. The van der Waals surface area contributed by atoms with Gasteiger partial charge < -0.3 is 16.8 Å². The maximum Gasteiger partial charge on any atom is 0.312 e. The Kier molecular flexibility index (Phi) is 3.89. The maximum absolute atomic E-state index is 10.2. The average Bonchev–Trinajstić information content (AvgIpc) is 1.78. The summed E-state index contributed by atoms with van der Waals surface area (Å²) < 4.78 is 0. The summed E-state index contributed by atoms with van der Waals surface area (Å²) in [6.07, 6.45) is 1.75. The smallest absolute Gasteiger partial charge is 0.312 e. The van der Waals surface area contributed by atoms with Crippen LogP contribution in [0.25, 0.3) is 0 Å². The third kappa shape index (κ3) is 9.23. The van der Waals surface area contributed by atoms with Gasteiger partial charge in [0.1, 0.15) is 0 Å². The molecule has 0 aromatic heterocycles. The fraction of sp³-hybridized carbons (Fsp3) is 0.857. The lowest BCUT2D eigenvalue weighted by Crippen LogP contribution is -2.35. The SMILES string of the molecule is CC(C)(N)CCCNC(N)=O. The number of hydrogen-bond acceptors (Lipinski definition) is 2. The monoisotopic (exact) mass is 159 g/mol. The Morgan fingerprint density at radius 1 is 1.55 bits per heavy atom. The second kappa shape index (κ2) is 4.18. The number of hydrogen-bond donors (Lipinski definition) is 3. The van der Waals surface area contributed by atoms with Gasteiger partial charge in [0.05, 0.1) is 0 Å². The van der Waals surface area contributed by atoms with Gasteiger partial charge in [0, 0.05) is 12.1 Å². The zero-order chi connectivity index (χ0) is 8.91. The lowest BCUT2D eigenvalue weighted by Gasteiger charge is -2.17. The van der Waals surface area contributed by atoms with Crippen LogP contribution in [-0.4, -0.2) is 18.1 Å². The molecule has 0 saturated carbocycles. The molecule has 0 aromatic carbocycles. The van der Waals surface area contributed by atoms with Crippen LogP contribution in [0.4, 0.5) is 4.79 Å². The van der Waals surface area contributed by atoms with Crippen molar-refractivity contribution in [3.8, 4) is 0 Å². The van der Waals surface area contributed by atoms with E-state index in [9.17, 15) is 4.79 Å². The largest absolute Gasteiger partial charge is 0.352 e. The van der Waals surface area contributed by atoms with E-state index in [-0.39, 0.29) is 5.54 Å². The first-order valence-electron chi connectivity index (χ1n) is 3.74. The van der Waals surface area contributed by atoms with Gasteiger partial charge in [0.2, 0.25) is 0 Å². The molecule has 0 aliphatic carbocycles. The van der Waals surface area contributed by atoms with Crippen molar-refractivity contribution in [3.63, 3.8) is 0 Å². The molecule has 4 heteroatoms. The molecule has 0 aliphatic heterocycles. The second-order valence-electron chi connectivity index (χ2n) is 3.38. The van der Waals surface area contributed by atoms with Gasteiger partial charge in [-0.05, 0) is 26.7 Å². The number of nitrogens with one attached hydrogen (secondary N) is 1. The van der Waals surface area contributed by atoms with Crippen molar-refractivity contribution in [2.45, 2.75) is 32.2 Å². The molecular weight excluding hydrogens is 142 g/mol. The van der Waals surface area contributed by atoms with Gasteiger partial charge in [0.25, 0.3) is 0 Å². The van der Waals surface area contributed by atoms with Crippen molar-refractivity contribution in [3.05, 3.63) is 0 Å². The quantitative estimate of drug-likeness (QED) is 0.511. The molecule has 0 bridgehead atoms. The fourth-order valence-electron chi connectivity index (χ4n) is 0.756. The normalized spacial score (nSPS) is 11.2. The van der Waals surface area contributed by atoms with Crippen molar-refractivity contribution in [2.75, 3.05) is 6.54 Å². The molecule has 4 nitrogen and oxygen atoms in total. The molecule has 0 fully saturated rings. The number of carbonyl (C=O) groups excluding carboxylic acids is 1. The second-order valence-corrected chi connectivity index (χ2v) is 3.38. The van der Waals surface area contributed by atoms with Gasteiger partial charge in [-0.15, -0.1) is 0 Å². The zero-order valence-corrected chi connectivity index (χ0v) is 7.18. The summed E-state index contributed by atoms with van der Waals surface area (Å²) in [7, 11) is 0. The Morgan fingerprint density at radius 3 is 2.45 bits per heavy atom. The van der Waals surface area contributed by atoms with Crippen molar-refractivity contribution >= 4 is 6.03 Å². The van der Waals surface area contributed by atoms with Crippen LogP contribution in [0.5, 0.6) is 0 Å². The first-order valence-corrected chi connectivity index (χ1v) is 3.74. The number of rotatable bonds is 4. The van der Waals surface area contributed by atoms with Gasteiger partial charge in [0.15, 0.2) is 0 Å². The highest BCUT2D eigenvalue weighted by atomic mass is 16.2. The fourth-order valence-corrected chi connectivity index (χ4v) is 0.756. The predicted octanol–water partition coefficient (Wildman–Crippen LogP) is 0.172. The molecule has 0 rings (SSSR count). The van der Waals surface area contributed by atoms with Gasteiger partial charge in [-0.2, -0.15) is 0 Å². The van der Waals surface area contributed by atoms with Crippen LogP contribution in [0.15, 0.2) is 0 Å². The summed E-state index contributed by atoms with van der Waals surface area (Å²) >= 11 is 0. The van der Waals surface area contributed by atoms with E-state index in [1.165, 1.54) is 0 Å². The lowest BCUT2D eigenvalue weighted by molar-refractivity contribution is 0.248. The number of amides is 2. The van der Waals surface area contributed by atoms with Crippen LogP contribution in [0, 0.1) is 0 Å². The number of urea groups is 1. The lowest BCUT2D eigenvalue weighted by atomic mass is 10.0. The van der Waals surface area contributed by atoms with E-state index in [1.54, 1.807) is 0 Å². The molecule has 11 heavy (non-hydrogen) atoms. The van der Waals surface area contributed by atoms with Crippen molar-refractivity contribution in [1.29, 1.82) is 0 Å². The van der Waals surface area contributed by atoms with Crippen LogP contribution in [0.2, 0.25) is 0 Å². The summed E-state index contributed by atoms with van der Waals surface area (Å²) in [5.41, 5.74) is 10.4. The van der Waals surface area contributed by atoms with Gasteiger partial charge in [-0.25, -0.2) is 4.79 Å². The van der Waals surface area contributed by atoms with Crippen LogP contribution in [0.1, 0.15) is 26.7 Å². The van der Waals surface area contributed by atoms with Gasteiger partial charge in [-0.3, -0.25) is 0 Å². The Bertz CT molecular complexity index is 128. The molecule has 0 aliphatic rings. The molecule has 0 atom stereocenters. The van der Waals surface area contributed by atoms with E-state index in [4.69, 9.17) is 11.5 Å². The molecule has 0 heterocycles. The highest BCUT2D eigenvalue weighted by Crippen LogP contribution is 2.05. The minimum atomic E-state index is -0.472. The minimum Gasteiger partial charge on any atom is -0.352 e. The molecule has 0 radical (unpaired) electrons.